The van der Waals surface area contributed by atoms with E-state index in [-0.39, 0.29) is 18.0 Å². The van der Waals surface area contributed by atoms with Crippen molar-refractivity contribution in [3.05, 3.63) is 35.9 Å². The Morgan fingerprint density at radius 2 is 2.11 bits per heavy atom. The zero-order chi connectivity index (χ0) is 13.5. The summed E-state index contributed by atoms with van der Waals surface area (Å²) in [7, 11) is 0. The molecule has 104 valence electrons. The molecule has 0 aliphatic carbocycles. The van der Waals surface area contributed by atoms with Crippen molar-refractivity contribution < 1.29 is 19.4 Å². The zero-order valence-corrected chi connectivity index (χ0v) is 11.0. The van der Waals surface area contributed by atoms with Crippen LogP contribution in [0, 0.1) is 0 Å². The van der Waals surface area contributed by atoms with Gasteiger partial charge in [0.15, 0.2) is 5.78 Å². The molecule has 0 unspecified atom stereocenters. The van der Waals surface area contributed by atoms with E-state index >= 15 is 0 Å². The van der Waals surface area contributed by atoms with E-state index in [0.717, 1.165) is 18.4 Å². The molecule has 0 spiro atoms. The van der Waals surface area contributed by atoms with Gasteiger partial charge >= 0.3 is 0 Å². The maximum atomic E-state index is 11.1. The Morgan fingerprint density at radius 3 is 2.74 bits per heavy atom. The number of carbonyl (C=O) groups excluding carboxylic acids is 1. The molecular weight excluding hydrogens is 244 g/mol. The first-order valence-corrected chi connectivity index (χ1v) is 6.67. The van der Waals surface area contributed by atoms with Crippen molar-refractivity contribution in [3.8, 4) is 0 Å². The van der Waals surface area contributed by atoms with E-state index in [1.807, 2.05) is 30.3 Å². The second-order valence-corrected chi connectivity index (χ2v) is 4.85. The molecule has 0 radical (unpaired) electrons. The summed E-state index contributed by atoms with van der Waals surface area (Å²) in [6.07, 6.45) is 2.06. The molecule has 0 aromatic heterocycles. The lowest BCUT2D eigenvalue weighted by Gasteiger charge is -2.28. The van der Waals surface area contributed by atoms with E-state index in [9.17, 15) is 4.79 Å². The molecule has 1 aromatic carbocycles. The van der Waals surface area contributed by atoms with Crippen molar-refractivity contribution in [2.75, 3.05) is 13.2 Å². The largest absolute Gasteiger partial charge is 0.389 e. The molecule has 4 heteroatoms. The van der Waals surface area contributed by atoms with Crippen LogP contribution in [0.3, 0.4) is 0 Å². The Hall–Kier alpha value is -1.23. The number of aliphatic hydroxyl groups is 1. The minimum atomic E-state index is -0.395. The first-order chi connectivity index (χ1) is 9.28. The van der Waals surface area contributed by atoms with Gasteiger partial charge in [-0.3, -0.25) is 4.79 Å². The van der Waals surface area contributed by atoms with Crippen molar-refractivity contribution in [1.29, 1.82) is 0 Å². The van der Waals surface area contributed by atoms with Crippen molar-refractivity contribution in [2.24, 2.45) is 0 Å². The van der Waals surface area contributed by atoms with E-state index < -0.39 is 6.61 Å². The second-order valence-electron chi connectivity index (χ2n) is 4.85. The van der Waals surface area contributed by atoms with E-state index in [0.29, 0.717) is 19.6 Å². The number of benzene rings is 1. The number of hydrogen-bond donors (Lipinski definition) is 1. The van der Waals surface area contributed by atoms with Crippen LogP contribution in [0.5, 0.6) is 0 Å². The normalized spacial score (nSPS) is 23.2. The molecule has 1 aromatic rings. The van der Waals surface area contributed by atoms with Crippen LogP contribution in [-0.2, 0) is 20.9 Å². The van der Waals surface area contributed by atoms with Gasteiger partial charge in [0.1, 0.15) is 6.61 Å². The third kappa shape index (κ3) is 4.74. The fraction of sp³-hybridized carbons (Fsp3) is 0.533. The maximum absolute atomic E-state index is 11.1. The fourth-order valence-corrected chi connectivity index (χ4v) is 2.18. The molecule has 1 N–H and O–H groups in total. The highest BCUT2D eigenvalue weighted by atomic mass is 16.5. The van der Waals surface area contributed by atoms with Gasteiger partial charge in [-0.15, -0.1) is 0 Å². The van der Waals surface area contributed by atoms with Crippen molar-refractivity contribution >= 4 is 5.78 Å². The Labute approximate surface area is 113 Å². The van der Waals surface area contributed by atoms with Gasteiger partial charge in [0.05, 0.1) is 25.4 Å². The molecule has 1 fully saturated rings. The Bertz CT molecular complexity index is 382. The van der Waals surface area contributed by atoms with Crippen molar-refractivity contribution in [1.82, 2.24) is 0 Å². The lowest BCUT2D eigenvalue weighted by atomic mass is 10.0. The third-order valence-electron chi connectivity index (χ3n) is 3.29. The molecule has 2 rings (SSSR count). The van der Waals surface area contributed by atoms with Crippen LogP contribution in [-0.4, -0.2) is 36.3 Å². The van der Waals surface area contributed by atoms with Crippen LogP contribution in [0.25, 0.3) is 0 Å². The quantitative estimate of drug-likeness (QED) is 0.849. The molecule has 4 nitrogen and oxygen atoms in total. The highest BCUT2D eigenvalue weighted by Gasteiger charge is 2.23. The average Bonchev–Trinajstić information content (AvgIpc) is 2.47. The predicted molar refractivity (Wildman–Crippen MR) is 70.7 cm³/mol. The van der Waals surface area contributed by atoms with Gasteiger partial charge < -0.3 is 14.6 Å². The second kappa shape index (κ2) is 7.38. The highest BCUT2D eigenvalue weighted by Crippen LogP contribution is 2.19. The van der Waals surface area contributed by atoms with Crippen molar-refractivity contribution in [2.45, 2.75) is 38.1 Å². The molecular formula is C15H20O4. The van der Waals surface area contributed by atoms with E-state index in [1.165, 1.54) is 0 Å². The number of aliphatic hydroxyl groups excluding tert-OH is 1. The number of carbonyl (C=O) groups is 1. The molecule has 0 saturated carbocycles. The van der Waals surface area contributed by atoms with Crippen LogP contribution in [0.2, 0.25) is 0 Å². The van der Waals surface area contributed by atoms with Crippen LogP contribution in [0.1, 0.15) is 24.8 Å². The number of rotatable bonds is 6. The van der Waals surface area contributed by atoms with E-state index in [2.05, 4.69) is 0 Å². The van der Waals surface area contributed by atoms with Gasteiger partial charge in [0, 0.05) is 6.42 Å². The number of ketones is 1. The average molecular weight is 264 g/mol. The zero-order valence-electron chi connectivity index (χ0n) is 11.0. The molecule has 1 heterocycles. The summed E-state index contributed by atoms with van der Waals surface area (Å²) in [6, 6.07) is 10.0. The molecule has 0 amide bonds. The van der Waals surface area contributed by atoms with Crippen LogP contribution >= 0.6 is 0 Å². The Balaban J connectivity index is 1.67. The Morgan fingerprint density at radius 1 is 1.32 bits per heavy atom. The first kappa shape index (κ1) is 14.2. The summed E-state index contributed by atoms with van der Waals surface area (Å²) < 4.78 is 11.4. The van der Waals surface area contributed by atoms with Gasteiger partial charge in [0.25, 0.3) is 0 Å². The maximum Gasteiger partial charge on any atom is 0.160 e. The topological polar surface area (TPSA) is 55.8 Å². The monoisotopic (exact) mass is 264 g/mol. The molecule has 2 atom stereocenters. The summed E-state index contributed by atoms with van der Waals surface area (Å²) in [5.74, 6) is -0.159. The van der Waals surface area contributed by atoms with E-state index in [1.54, 1.807) is 0 Å². The lowest BCUT2D eigenvalue weighted by Crippen LogP contribution is -2.33. The summed E-state index contributed by atoms with van der Waals surface area (Å²) >= 11 is 0. The standard InChI is InChI=1S/C15H20O4/c16-9-13(17)8-14-6-7-15(11-19-14)18-10-12-4-2-1-3-5-12/h1-5,14-16H,6-11H2/t14-,15+/m1/s1. The SMILES string of the molecule is O=C(CO)C[C@H]1CC[C@H](OCc2ccccc2)CO1. The molecule has 0 bridgehead atoms. The number of Topliss-reactive ketones (excluding diaryl/α,β-unsaturated/α-hetero) is 1. The third-order valence-corrected chi connectivity index (χ3v) is 3.29. The minimum absolute atomic E-state index is 0.0591. The predicted octanol–water partition coefficient (Wildman–Crippen LogP) is 1.70. The van der Waals surface area contributed by atoms with Gasteiger partial charge in [0.2, 0.25) is 0 Å². The smallest absolute Gasteiger partial charge is 0.160 e. The van der Waals surface area contributed by atoms with Crippen LogP contribution in [0.4, 0.5) is 0 Å². The van der Waals surface area contributed by atoms with Gasteiger partial charge in [-0.25, -0.2) is 0 Å². The fourth-order valence-electron chi connectivity index (χ4n) is 2.18. The summed E-state index contributed by atoms with van der Waals surface area (Å²) in [6.45, 7) is 0.721. The van der Waals surface area contributed by atoms with Crippen LogP contribution in [0.15, 0.2) is 30.3 Å². The lowest BCUT2D eigenvalue weighted by molar-refractivity contribution is -0.130. The van der Waals surface area contributed by atoms with Gasteiger partial charge in [-0.1, -0.05) is 30.3 Å². The van der Waals surface area contributed by atoms with Gasteiger partial charge in [-0.05, 0) is 18.4 Å². The summed E-state index contributed by atoms with van der Waals surface area (Å²) in [4.78, 5) is 11.1. The first-order valence-electron chi connectivity index (χ1n) is 6.67. The molecule has 19 heavy (non-hydrogen) atoms. The van der Waals surface area contributed by atoms with Crippen LogP contribution < -0.4 is 0 Å². The van der Waals surface area contributed by atoms with Gasteiger partial charge in [-0.2, -0.15) is 0 Å². The highest BCUT2D eigenvalue weighted by molar-refractivity contribution is 5.79. The summed E-state index contributed by atoms with van der Waals surface area (Å²) in [5, 5.41) is 8.70. The summed E-state index contributed by atoms with van der Waals surface area (Å²) in [5.41, 5.74) is 1.15. The minimum Gasteiger partial charge on any atom is -0.389 e. The van der Waals surface area contributed by atoms with E-state index in [4.69, 9.17) is 14.6 Å². The van der Waals surface area contributed by atoms with Crippen molar-refractivity contribution in [3.63, 3.8) is 0 Å². The molecule has 1 aliphatic heterocycles. The Kier molecular flexibility index (Phi) is 5.51. The molecule has 1 saturated heterocycles. The molecule has 1 aliphatic rings. The number of ether oxygens (including phenoxy) is 2. The number of hydrogen-bond acceptors (Lipinski definition) is 4.